The Kier molecular flexibility index (Phi) is 10.7. The molecule has 1 aliphatic rings. The Balaban J connectivity index is 1.95. The molecule has 1 aliphatic heterocycles. The summed E-state index contributed by atoms with van der Waals surface area (Å²) in [4.78, 5) is 28.4. The van der Waals surface area contributed by atoms with Crippen LogP contribution < -0.4 is 16.0 Å². The summed E-state index contributed by atoms with van der Waals surface area (Å²) < 4.78 is 0. The second kappa shape index (κ2) is 13.0. The summed E-state index contributed by atoms with van der Waals surface area (Å²) in [5.74, 6) is 0.211. The third kappa shape index (κ3) is 9.55. The molecule has 0 aromatic heterocycles. The average Bonchev–Trinajstić information content (AvgIpc) is 2.77. The summed E-state index contributed by atoms with van der Waals surface area (Å²) >= 11 is 0. The molecule has 3 N–H and O–H groups in total. The van der Waals surface area contributed by atoms with Crippen molar-refractivity contribution in [3.8, 4) is 0 Å². The molecule has 2 rings (SSSR count). The van der Waals surface area contributed by atoms with Gasteiger partial charge < -0.3 is 20.9 Å². The number of carbonyl (C=O) groups is 2. The lowest BCUT2D eigenvalue weighted by Crippen LogP contribution is -2.47. The molecule has 1 atom stereocenters. The molecule has 0 aliphatic carbocycles. The van der Waals surface area contributed by atoms with E-state index in [0.29, 0.717) is 30.2 Å². The Hall–Kier alpha value is -2.24. The highest BCUT2D eigenvalue weighted by Crippen LogP contribution is 2.27. The van der Waals surface area contributed by atoms with Gasteiger partial charge in [0.15, 0.2) is 0 Å². The normalized spacial score (nSPS) is 15.9. The topological polar surface area (TPSA) is 78.7 Å². The molecule has 0 radical (unpaired) electrons. The maximum atomic E-state index is 12.6. The molecular weight excluding hydrogens is 424 g/mol. The maximum Gasteiger partial charge on any atom is 0.222 e. The van der Waals surface area contributed by atoms with E-state index in [9.17, 15) is 9.59 Å². The Morgan fingerprint density at radius 1 is 1.09 bits per heavy atom. The van der Waals surface area contributed by atoms with Gasteiger partial charge in [0.05, 0.1) is 0 Å². The predicted octanol–water partition coefficient (Wildman–Crippen LogP) is 5.28. The molecule has 6 heteroatoms. The van der Waals surface area contributed by atoms with Crippen LogP contribution in [-0.2, 0) is 9.59 Å². The number of piperidine rings is 1. The lowest BCUT2D eigenvalue weighted by molar-refractivity contribution is -0.132. The SMILES string of the molecule is CC(C)CCN(c1ccc(NCCC(C)(C)C)cc1)C1CCN(C(=O)CCC(C)C(N)=O)CC1. The fraction of sp³-hybridized carbons (Fsp3) is 0.714. The average molecular weight is 473 g/mol. The summed E-state index contributed by atoms with van der Waals surface area (Å²) in [6, 6.07) is 9.30. The summed E-state index contributed by atoms with van der Waals surface area (Å²) in [5.41, 5.74) is 8.10. The zero-order valence-electron chi connectivity index (χ0n) is 22.4. The van der Waals surface area contributed by atoms with Crippen LogP contribution >= 0.6 is 0 Å². The largest absolute Gasteiger partial charge is 0.385 e. The lowest BCUT2D eigenvalue weighted by atomic mass is 9.92. The van der Waals surface area contributed by atoms with Crippen LogP contribution in [0.3, 0.4) is 0 Å². The van der Waals surface area contributed by atoms with Crippen LogP contribution in [-0.4, -0.2) is 48.9 Å². The molecule has 1 fully saturated rings. The number of hydrogen-bond donors (Lipinski definition) is 2. The van der Waals surface area contributed by atoms with Gasteiger partial charge in [-0.2, -0.15) is 0 Å². The van der Waals surface area contributed by atoms with Crippen LogP contribution in [0.2, 0.25) is 0 Å². The Bertz CT molecular complexity index is 762. The standard InChI is InChI=1S/C28H48N4O2/c1-21(2)13-20-32(24-10-8-23(9-11-24)30-17-16-28(4,5)6)25-14-18-31(19-15-25)26(33)12-7-22(3)27(29)34/h8-11,21-22,25,30H,7,12-20H2,1-6H3,(H2,29,34). The van der Waals surface area contributed by atoms with E-state index in [1.807, 2.05) is 4.90 Å². The van der Waals surface area contributed by atoms with Gasteiger partial charge in [-0.15, -0.1) is 0 Å². The van der Waals surface area contributed by atoms with E-state index >= 15 is 0 Å². The van der Waals surface area contributed by atoms with Gasteiger partial charge >= 0.3 is 0 Å². The molecule has 0 saturated carbocycles. The second-order valence-corrected chi connectivity index (χ2v) is 11.6. The third-order valence-corrected chi connectivity index (χ3v) is 6.89. The van der Waals surface area contributed by atoms with Crippen LogP contribution in [0.5, 0.6) is 0 Å². The van der Waals surface area contributed by atoms with Crippen LogP contribution in [0.25, 0.3) is 0 Å². The monoisotopic (exact) mass is 472 g/mol. The van der Waals surface area contributed by atoms with E-state index in [2.05, 4.69) is 69.1 Å². The van der Waals surface area contributed by atoms with Gasteiger partial charge in [0.25, 0.3) is 0 Å². The number of amides is 2. The van der Waals surface area contributed by atoms with Gasteiger partial charge in [-0.05, 0) is 67.7 Å². The second-order valence-electron chi connectivity index (χ2n) is 11.6. The number of anilines is 2. The number of nitrogens with two attached hydrogens (primary N) is 1. The molecule has 1 aromatic carbocycles. The minimum Gasteiger partial charge on any atom is -0.385 e. The molecular formula is C28H48N4O2. The van der Waals surface area contributed by atoms with E-state index in [1.165, 1.54) is 11.4 Å². The fourth-order valence-corrected chi connectivity index (χ4v) is 4.34. The van der Waals surface area contributed by atoms with Gasteiger partial charge in [0.2, 0.25) is 11.8 Å². The Morgan fingerprint density at radius 2 is 1.71 bits per heavy atom. The van der Waals surface area contributed by atoms with Gasteiger partial charge in [0, 0.05) is 55.9 Å². The van der Waals surface area contributed by atoms with E-state index in [4.69, 9.17) is 5.73 Å². The van der Waals surface area contributed by atoms with Crippen molar-refractivity contribution in [2.24, 2.45) is 23.0 Å². The van der Waals surface area contributed by atoms with Crippen molar-refractivity contribution in [1.29, 1.82) is 0 Å². The number of nitrogens with zero attached hydrogens (tertiary/aromatic N) is 2. The summed E-state index contributed by atoms with van der Waals surface area (Å²) in [5, 5.41) is 3.55. The van der Waals surface area contributed by atoms with Crippen molar-refractivity contribution in [3.05, 3.63) is 24.3 Å². The van der Waals surface area contributed by atoms with Crippen molar-refractivity contribution < 1.29 is 9.59 Å². The summed E-state index contributed by atoms with van der Waals surface area (Å²) in [7, 11) is 0. The summed E-state index contributed by atoms with van der Waals surface area (Å²) in [6.45, 7) is 16.7. The molecule has 1 heterocycles. The minimum atomic E-state index is -0.331. The van der Waals surface area contributed by atoms with Crippen molar-refractivity contribution in [1.82, 2.24) is 4.90 Å². The van der Waals surface area contributed by atoms with Gasteiger partial charge in [-0.25, -0.2) is 0 Å². The minimum absolute atomic E-state index is 0.144. The zero-order chi connectivity index (χ0) is 25.3. The highest BCUT2D eigenvalue weighted by Gasteiger charge is 2.27. The van der Waals surface area contributed by atoms with Crippen molar-refractivity contribution in [2.45, 2.75) is 86.1 Å². The quantitative estimate of drug-likeness (QED) is 0.434. The summed E-state index contributed by atoms with van der Waals surface area (Å²) in [6.07, 6.45) is 5.16. The lowest BCUT2D eigenvalue weighted by Gasteiger charge is -2.40. The van der Waals surface area contributed by atoms with Crippen LogP contribution in [0.4, 0.5) is 11.4 Å². The van der Waals surface area contributed by atoms with Crippen LogP contribution in [0.1, 0.15) is 80.1 Å². The number of carbonyl (C=O) groups excluding carboxylic acids is 2. The first-order valence-electron chi connectivity index (χ1n) is 13.1. The molecule has 0 bridgehead atoms. The smallest absolute Gasteiger partial charge is 0.222 e. The molecule has 1 saturated heterocycles. The molecule has 192 valence electrons. The van der Waals surface area contributed by atoms with Crippen LogP contribution in [0.15, 0.2) is 24.3 Å². The Labute approximate surface area is 207 Å². The van der Waals surface area contributed by atoms with Crippen molar-refractivity contribution in [3.63, 3.8) is 0 Å². The number of hydrogen-bond acceptors (Lipinski definition) is 4. The first-order valence-corrected chi connectivity index (χ1v) is 13.1. The van der Waals surface area contributed by atoms with Gasteiger partial charge in [0.1, 0.15) is 0 Å². The van der Waals surface area contributed by atoms with Crippen molar-refractivity contribution >= 4 is 23.2 Å². The first-order chi connectivity index (χ1) is 16.0. The molecule has 34 heavy (non-hydrogen) atoms. The first kappa shape index (κ1) is 28.0. The fourth-order valence-electron chi connectivity index (χ4n) is 4.34. The molecule has 2 amide bonds. The van der Waals surface area contributed by atoms with Crippen molar-refractivity contribution in [2.75, 3.05) is 36.4 Å². The number of nitrogens with one attached hydrogen (secondary N) is 1. The molecule has 1 aromatic rings. The maximum absolute atomic E-state index is 12.6. The number of primary amides is 1. The number of likely N-dealkylation sites (tertiary alicyclic amines) is 1. The molecule has 0 spiro atoms. The van der Waals surface area contributed by atoms with Crippen LogP contribution in [0, 0.1) is 17.3 Å². The van der Waals surface area contributed by atoms with E-state index in [-0.39, 0.29) is 17.7 Å². The van der Waals surface area contributed by atoms with Gasteiger partial charge in [-0.3, -0.25) is 9.59 Å². The molecule has 6 nitrogen and oxygen atoms in total. The Morgan fingerprint density at radius 3 is 2.24 bits per heavy atom. The highest BCUT2D eigenvalue weighted by molar-refractivity contribution is 5.79. The van der Waals surface area contributed by atoms with E-state index < -0.39 is 0 Å². The predicted molar refractivity (Wildman–Crippen MR) is 143 cm³/mol. The van der Waals surface area contributed by atoms with Gasteiger partial charge in [-0.1, -0.05) is 41.5 Å². The number of benzene rings is 1. The molecule has 1 unspecified atom stereocenters. The zero-order valence-corrected chi connectivity index (χ0v) is 22.4. The number of rotatable bonds is 12. The highest BCUT2D eigenvalue weighted by atomic mass is 16.2. The third-order valence-electron chi connectivity index (χ3n) is 6.89. The van der Waals surface area contributed by atoms with E-state index in [1.54, 1.807) is 6.92 Å². The van der Waals surface area contributed by atoms with E-state index in [0.717, 1.165) is 51.9 Å².